The summed E-state index contributed by atoms with van der Waals surface area (Å²) in [5, 5.41) is 12.0. The Morgan fingerprint density at radius 2 is 1.84 bits per heavy atom. The van der Waals surface area contributed by atoms with Gasteiger partial charge in [-0.1, -0.05) is 20.8 Å². The SMILES string of the molecule is CC(C)C(C)CC(=O)NC1(CC(=O)O)CCOCC1. The molecule has 1 aliphatic heterocycles. The third kappa shape index (κ3) is 5.19. The van der Waals surface area contributed by atoms with Gasteiger partial charge in [0.2, 0.25) is 5.91 Å². The van der Waals surface area contributed by atoms with E-state index >= 15 is 0 Å². The molecular weight excluding hydrogens is 246 g/mol. The Morgan fingerprint density at radius 3 is 2.32 bits per heavy atom. The van der Waals surface area contributed by atoms with Crippen LogP contribution in [0, 0.1) is 11.8 Å². The minimum Gasteiger partial charge on any atom is -0.481 e. The summed E-state index contributed by atoms with van der Waals surface area (Å²) >= 11 is 0. The van der Waals surface area contributed by atoms with Gasteiger partial charge in [-0.05, 0) is 24.7 Å². The predicted molar refractivity (Wildman–Crippen MR) is 71.8 cm³/mol. The molecule has 0 saturated carbocycles. The van der Waals surface area contributed by atoms with Crippen molar-refractivity contribution in [2.45, 2.75) is 52.0 Å². The molecule has 1 heterocycles. The number of aliphatic carboxylic acids is 1. The van der Waals surface area contributed by atoms with Crippen LogP contribution in [0.2, 0.25) is 0 Å². The third-order valence-corrected chi connectivity index (χ3v) is 3.99. The number of ether oxygens (including phenoxy) is 1. The maximum absolute atomic E-state index is 12.1. The highest BCUT2D eigenvalue weighted by molar-refractivity contribution is 5.78. The smallest absolute Gasteiger partial charge is 0.305 e. The van der Waals surface area contributed by atoms with Crippen molar-refractivity contribution in [1.82, 2.24) is 5.32 Å². The topological polar surface area (TPSA) is 75.6 Å². The Hall–Kier alpha value is -1.10. The lowest BCUT2D eigenvalue weighted by Crippen LogP contribution is -2.53. The van der Waals surface area contributed by atoms with Crippen molar-refractivity contribution in [3.8, 4) is 0 Å². The summed E-state index contributed by atoms with van der Waals surface area (Å²) in [7, 11) is 0. The molecule has 19 heavy (non-hydrogen) atoms. The number of rotatable bonds is 6. The molecular formula is C14H25NO4. The molecule has 5 heteroatoms. The van der Waals surface area contributed by atoms with E-state index in [9.17, 15) is 9.59 Å². The second-order valence-corrected chi connectivity index (χ2v) is 5.94. The molecule has 2 N–H and O–H groups in total. The van der Waals surface area contributed by atoms with Gasteiger partial charge in [0.1, 0.15) is 0 Å². The van der Waals surface area contributed by atoms with E-state index < -0.39 is 11.5 Å². The largest absolute Gasteiger partial charge is 0.481 e. The molecule has 1 fully saturated rings. The van der Waals surface area contributed by atoms with E-state index in [0.717, 1.165) is 0 Å². The molecule has 1 aliphatic rings. The molecule has 5 nitrogen and oxygen atoms in total. The average Bonchev–Trinajstić information content (AvgIpc) is 2.28. The van der Waals surface area contributed by atoms with Gasteiger partial charge >= 0.3 is 5.97 Å². The lowest BCUT2D eigenvalue weighted by Gasteiger charge is -2.37. The number of carboxylic acid groups (broad SMARTS) is 1. The quantitative estimate of drug-likeness (QED) is 0.772. The van der Waals surface area contributed by atoms with E-state index in [-0.39, 0.29) is 12.3 Å². The molecule has 0 bridgehead atoms. The van der Waals surface area contributed by atoms with Crippen LogP contribution >= 0.6 is 0 Å². The minimum absolute atomic E-state index is 0.0296. The lowest BCUT2D eigenvalue weighted by atomic mass is 9.85. The Kier molecular flexibility index (Phi) is 5.79. The van der Waals surface area contributed by atoms with Crippen molar-refractivity contribution in [1.29, 1.82) is 0 Å². The predicted octanol–water partition coefficient (Wildman–Crippen LogP) is 1.81. The van der Waals surface area contributed by atoms with E-state index in [1.807, 2.05) is 6.92 Å². The van der Waals surface area contributed by atoms with Gasteiger partial charge < -0.3 is 15.2 Å². The van der Waals surface area contributed by atoms with E-state index in [0.29, 0.717) is 44.3 Å². The second kappa shape index (κ2) is 6.89. The highest BCUT2D eigenvalue weighted by Crippen LogP contribution is 2.25. The molecule has 1 amide bonds. The summed E-state index contributed by atoms with van der Waals surface area (Å²) in [5.74, 6) is -0.193. The van der Waals surface area contributed by atoms with Gasteiger partial charge in [0, 0.05) is 19.6 Å². The molecule has 110 valence electrons. The third-order valence-electron chi connectivity index (χ3n) is 3.99. The lowest BCUT2D eigenvalue weighted by molar-refractivity contribution is -0.140. The van der Waals surface area contributed by atoms with Crippen LogP contribution in [0.15, 0.2) is 0 Å². The number of hydrogen-bond acceptors (Lipinski definition) is 3. The molecule has 0 aromatic carbocycles. The van der Waals surface area contributed by atoms with Crippen LogP contribution in [0.5, 0.6) is 0 Å². The van der Waals surface area contributed by atoms with Crippen LogP contribution in [0.25, 0.3) is 0 Å². The standard InChI is InChI=1S/C14H25NO4/c1-10(2)11(3)8-12(16)15-14(9-13(17)18)4-6-19-7-5-14/h10-11H,4-9H2,1-3H3,(H,15,16)(H,17,18). The second-order valence-electron chi connectivity index (χ2n) is 5.94. The van der Waals surface area contributed by atoms with Gasteiger partial charge in [-0.15, -0.1) is 0 Å². The Balaban J connectivity index is 2.61. The van der Waals surface area contributed by atoms with Crippen molar-refractivity contribution in [2.75, 3.05) is 13.2 Å². The van der Waals surface area contributed by atoms with Crippen molar-refractivity contribution in [3.05, 3.63) is 0 Å². The van der Waals surface area contributed by atoms with Gasteiger partial charge in [-0.2, -0.15) is 0 Å². The summed E-state index contributed by atoms with van der Waals surface area (Å²) < 4.78 is 5.26. The summed E-state index contributed by atoms with van der Waals surface area (Å²) in [6.07, 6.45) is 1.56. The van der Waals surface area contributed by atoms with Crippen LogP contribution in [-0.4, -0.2) is 35.7 Å². The number of hydrogen-bond donors (Lipinski definition) is 2. The van der Waals surface area contributed by atoms with Gasteiger partial charge in [-0.25, -0.2) is 0 Å². The van der Waals surface area contributed by atoms with Crippen LogP contribution in [-0.2, 0) is 14.3 Å². The van der Waals surface area contributed by atoms with Crippen LogP contribution in [0.3, 0.4) is 0 Å². The van der Waals surface area contributed by atoms with Gasteiger partial charge in [0.15, 0.2) is 0 Å². The molecule has 0 radical (unpaired) electrons. The van der Waals surface area contributed by atoms with Crippen molar-refractivity contribution >= 4 is 11.9 Å². The summed E-state index contributed by atoms with van der Waals surface area (Å²) in [5.41, 5.74) is -0.627. The Labute approximate surface area is 114 Å². The van der Waals surface area contributed by atoms with Crippen molar-refractivity contribution in [3.63, 3.8) is 0 Å². The normalized spacial score (nSPS) is 20.0. The summed E-state index contributed by atoms with van der Waals surface area (Å²) in [6.45, 7) is 7.22. The summed E-state index contributed by atoms with van der Waals surface area (Å²) in [4.78, 5) is 23.1. The first-order valence-electron chi connectivity index (χ1n) is 6.95. The number of carbonyl (C=O) groups excluding carboxylic acids is 1. The fourth-order valence-electron chi connectivity index (χ4n) is 2.27. The molecule has 0 aromatic rings. The molecule has 1 saturated heterocycles. The van der Waals surface area contributed by atoms with Crippen LogP contribution in [0.4, 0.5) is 0 Å². The van der Waals surface area contributed by atoms with Crippen LogP contribution in [0.1, 0.15) is 46.5 Å². The van der Waals surface area contributed by atoms with Gasteiger partial charge in [-0.3, -0.25) is 9.59 Å². The molecule has 1 rings (SSSR count). The molecule has 0 aromatic heterocycles. The first kappa shape index (κ1) is 16.0. The fraction of sp³-hybridized carbons (Fsp3) is 0.857. The number of carbonyl (C=O) groups is 2. The summed E-state index contributed by atoms with van der Waals surface area (Å²) in [6, 6.07) is 0. The van der Waals surface area contributed by atoms with E-state index in [1.165, 1.54) is 0 Å². The van der Waals surface area contributed by atoms with E-state index in [4.69, 9.17) is 9.84 Å². The zero-order chi connectivity index (χ0) is 14.5. The zero-order valence-corrected chi connectivity index (χ0v) is 12.1. The van der Waals surface area contributed by atoms with Crippen molar-refractivity contribution in [2.24, 2.45) is 11.8 Å². The first-order chi connectivity index (χ1) is 8.84. The number of carboxylic acids is 1. The van der Waals surface area contributed by atoms with E-state index in [2.05, 4.69) is 19.2 Å². The molecule has 1 atom stereocenters. The Bertz CT molecular complexity index is 321. The van der Waals surface area contributed by atoms with Gasteiger partial charge in [0.25, 0.3) is 0 Å². The minimum atomic E-state index is -0.876. The zero-order valence-electron chi connectivity index (χ0n) is 12.1. The van der Waals surface area contributed by atoms with E-state index in [1.54, 1.807) is 0 Å². The molecule has 1 unspecified atom stereocenters. The highest BCUT2D eigenvalue weighted by atomic mass is 16.5. The van der Waals surface area contributed by atoms with Crippen LogP contribution < -0.4 is 5.32 Å². The molecule has 0 aliphatic carbocycles. The maximum atomic E-state index is 12.1. The fourth-order valence-corrected chi connectivity index (χ4v) is 2.27. The average molecular weight is 271 g/mol. The maximum Gasteiger partial charge on any atom is 0.305 e. The Morgan fingerprint density at radius 1 is 1.26 bits per heavy atom. The number of amides is 1. The highest BCUT2D eigenvalue weighted by Gasteiger charge is 2.36. The first-order valence-corrected chi connectivity index (χ1v) is 6.95. The van der Waals surface area contributed by atoms with Crippen molar-refractivity contribution < 1.29 is 19.4 Å². The number of nitrogens with one attached hydrogen (secondary N) is 1. The monoisotopic (exact) mass is 271 g/mol. The van der Waals surface area contributed by atoms with Gasteiger partial charge in [0.05, 0.1) is 12.0 Å². The molecule has 0 spiro atoms.